The van der Waals surface area contributed by atoms with Crippen LogP contribution in [0.25, 0.3) is 0 Å². The summed E-state index contributed by atoms with van der Waals surface area (Å²) in [6.07, 6.45) is 4.84. The van der Waals surface area contributed by atoms with Gasteiger partial charge in [-0.05, 0) is 24.7 Å². The molecule has 3 heteroatoms. The van der Waals surface area contributed by atoms with Crippen molar-refractivity contribution in [3.63, 3.8) is 0 Å². The van der Waals surface area contributed by atoms with E-state index in [2.05, 4.69) is 11.9 Å². The van der Waals surface area contributed by atoms with Crippen molar-refractivity contribution in [2.45, 2.75) is 38.6 Å². The average Bonchev–Trinajstić information content (AvgIpc) is 2.53. The largest absolute Gasteiger partial charge is 0.353 e. The zero-order valence-electron chi connectivity index (χ0n) is 8.14. The Bertz CT molecular complexity index is 197. The Morgan fingerprint density at radius 3 is 2.69 bits per heavy atom. The van der Waals surface area contributed by atoms with Crippen LogP contribution in [-0.4, -0.2) is 17.7 Å². The maximum atomic E-state index is 11.3. The van der Waals surface area contributed by atoms with Gasteiger partial charge in [0, 0.05) is 6.04 Å². The van der Waals surface area contributed by atoms with Gasteiger partial charge in [-0.3, -0.25) is 4.79 Å². The lowest BCUT2D eigenvalue weighted by Crippen LogP contribution is -2.33. The van der Waals surface area contributed by atoms with Gasteiger partial charge in [0.15, 0.2) is 0 Å². The monoisotopic (exact) mass is 199 g/mol. The van der Waals surface area contributed by atoms with Crippen LogP contribution in [0.2, 0.25) is 0 Å². The average molecular weight is 199 g/mol. The molecule has 0 aromatic heterocycles. The molecule has 0 aliphatic heterocycles. The molecule has 0 atom stereocenters. The van der Waals surface area contributed by atoms with Crippen molar-refractivity contribution < 1.29 is 4.79 Å². The van der Waals surface area contributed by atoms with Gasteiger partial charge in [0.1, 0.15) is 0 Å². The van der Waals surface area contributed by atoms with Crippen LogP contribution < -0.4 is 5.32 Å². The fourth-order valence-corrected chi connectivity index (χ4v) is 1.99. The molecule has 13 heavy (non-hydrogen) atoms. The van der Waals surface area contributed by atoms with Gasteiger partial charge in [-0.25, -0.2) is 0 Å². The van der Waals surface area contributed by atoms with Crippen LogP contribution in [0.5, 0.6) is 0 Å². The number of amides is 1. The first-order valence-corrected chi connectivity index (χ1v) is 5.74. The standard InChI is InChI=1S/C10H17NOS/c1-8(2)13-7-10(12)11-9-5-3-4-6-9/h9H,1,3-7H2,2H3,(H,11,12). The van der Waals surface area contributed by atoms with E-state index in [-0.39, 0.29) is 5.91 Å². The molecule has 1 N–H and O–H groups in total. The third kappa shape index (κ3) is 4.36. The molecule has 2 nitrogen and oxygen atoms in total. The number of carbonyl (C=O) groups is 1. The van der Waals surface area contributed by atoms with E-state index in [4.69, 9.17) is 0 Å². The molecule has 0 heterocycles. The summed E-state index contributed by atoms with van der Waals surface area (Å²) in [6, 6.07) is 0.443. The topological polar surface area (TPSA) is 29.1 Å². The van der Waals surface area contributed by atoms with Crippen LogP contribution >= 0.6 is 11.8 Å². The number of allylic oxidation sites excluding steroid dienone is 1. The van der Waals surface area contributed by atoms with E-state index in [1.54, 1.807) is 0 Å². The van der Waals surface area contributed by atoms with Gasteiger partial charge in [-0.1, -0.05) is 19.4 Å². The van der Waals surface area contributed by atoms with Gasteiger partial charge >= 0.3 is 0 Å². The molecular formula is C10H17NOS. The highest BCUT2D eigenvalue weighted by Gasteiger charge is 2.16. The SMILES string of the molecule is C=C(C)SCC(=O)NC1CCCC1. The van der Waals surface area contributed by atoms with Gasteiger partial charge in [0.25, 0.3) is 0 Å². The first-order valence-electron chi connectivity index (χ1n) is 4.76. The van der Waals surface area contributed by atoms with Crippen molar-refractivity contribution in [2.75, 3.05) is 5.75 Å². The molecule has 1 amide bonds. The highest BCUT2D eigenvalue weighted by molar-refractivity contribution is 8.03. The quantitative estimate of drug-likeness (QED) is 0.753. The molecule has 0 aromatic carbocycles. The predicted octanol–water partition coefficient (Wildman–Crippen LogP) is 2.31. The van der Waals surface area contributed by atoms with Gasteiger partial charge in [0.2, 0.25) is 5.91 Å². The lowest BCUT2D eigenvalue weighted by Gasteiger charge is -2.11. The van der Waals surface area contributed by atoms with Crippen LogP contribution in [0.4, 0.5) is 0 Å². The van der Waals surface area contributed by atoms with Crippen molar-refractivity contribution in [1.29, 1.82) is 0 Å². The fraction of sp³-hybridized carbons (Fsp3) is 0.700. The van der Waals surface area contributed by atoms with E-state index in [0.717, 1.165) is 17.7 Å². The Hall–Kier alpha value is -0.440. The molecular weight excluding hydrogens is 182 g/mol. The number of nitrogens with one attached hydrogen (secondary N) is 1. The molecule has 74 valence electrons. The second kappa shape index (κ2) is 5.32. The lowest BCUT2D eigenvalue weighted by atomic mass is 10.2. The number of rotatable bonds is 4. The Morgan fingerprint density at radius 1 is 1.54 bits per heavy atom. The van der Waals surface area contributed by atoms with E-state index in [0.29, 0.717) is 11.8 Å². The first kappa shape index (κ1) is 10.6. The maximum absolute atomic E-state index is 11.3. The molecule has 0 radical (unpaired) electrons. The van der Waals surface area contributed by atoms with Gasteiger partial charge in [0.05, 0.1) is 5.75 Å². The summed E-state index contributed by atoms with van der Waals surface area (Å²) in [5.41, 5.74) is 0. The van der Waals surface area contributed by atoms with Gasteiger partial charge in [-0.15, -0.1) is 11.8 Å². The highest BCUT2D eigenvalue weighted by atomic mass is 32.2. The number of hydrogen-bond donors (Lipinski definition) is 1. The Kier molecular flexibility index (Phi) is 4.36. The second-order valence-electron chi connectivity index (χ2n) is 3.54. The minimum atomic E-state index is 0.153. The molecule has 1 fully saturated rings. The van der Waals surface area contributed by atoms with E-state index < -0.39 is 0 Å². The normalized spacial score (nSPS) is 17.3. The first-order chi connectivity index (χ1) is 6.18. The lowest BCUT2D eigenvalue weighted by molar-refractivity contribution is -0.119. The zero-order chi connectivity index (χ0) is 9.68. The second-order valence-corrected chi connectivity index (χ2v) is 4.81. The van der Waals surface area contributed by atoms with E-state index in [1.165, 1.54) is 24.6 Å². The van der Waals surface area contributed by atoms with Crippen molar-refractivity contribution in [3.05, 3.63) is 11.5 Å². The number of carbonyl (C=O) groups excluding carboxylic acids is 1. The van der Waals surface area contributed by atoms with Crippen LogP contribution in [-0.2, 0) is 4.79 Å². The summed E-state index contributed by atoms with van der Waals surface area (Å²) in [5.74, 6) is 0.672. The molecule has 0 spiro atoms. The molecule has 1 saturated carbocycles. The minimum Gasteiger partial charge on any atom is -0.353 e. The Balaban J connectivity index is 2.13. The number of hydrogen-bond acceptors (Lipinski definition) is 2. The van der Waals surface area contributed by atoms with Crippen LogP contribution in [0, 0.1) is 0 Å². The molecule has 0 saturated heterocycles. The van der Waals surface area contributed by atoms with Crippen LogP contribution in [0.15, 0.2) is 11.5 Å². The van der Waals surface area contributed by atoms with Gasteiger partial charge in [-0.2, -0.15) is 0 Å². The molecule has 1 aliphatic carbocycles. The van der Waals surface area contributed by atoms with Crippen molar-refractivity contribution in [2.24, 2.45) is 0 Å². The predicted molar refractivity (Wildman–Crippen MR) is 57.7 cm³/mol. The molecule has 0 aromatic rings. The minimum absolute atomic E-state index is 0.153. The molecule has 0 bridgehead atoms. The van der Waals surface area contributed by atoms with Crippen molar-refractivity contribution >= 4 is 17.7 Å². The number of thioether (sulfide) groups is 1. The van der Waals surface area contributed by atoms with E-state index in [1.807, 2.05) is 6.92 Å². The Morgan fingerprint density at radius 2 is 2.15 bits per heavy atom. The highest BCUT2D eigenvalue weighted by Crippen LogP contribution is 2.18. The summed E-state index contributed by atoms with van der Waals surface area (Å²) in [6.45, 7) is 5.67. The van der Waals surface area contributed by atoms with Crippen LogP contribution in [0.3, 0.4) is 0 Å². The molecule has 1 rings (SSSR count). The fourth-order valence-electron chi connectivity index (χ4n) is 1.53. The molecule has 0 unspecified atom stereocenters. The summed E-state index contributed by atoms with van der Waals surface area (Å²) in [7, 11) is 0. The molecule has 1 aliphatic rings. The van der Waals surface area contributed by atoms with Gasteiger partial charge < -0.3 is 5.32 Å². The van der Waals surface area contributed by atoms with E-state index >= 15 is 0 Å². The summed E-state index contributed by atoms with van der Waals surface area (Å²) in [4.78, 5) is 12.3. The third-order valence-corrected chi connectivity index (χ3v) is 3.07. The van der Waals surface area contributed by atoms with Crippen LogP contribution in [0.1, 0.15) is 32.6 Å². The Labute approximate surface area is 84.2 Å². The maximum Gasteiger partial charge on any atom is 0.230 e. The van der Waals surface area contributed by atoms with Crippen molar-refractivity contribution in [3.8, 4) is 0 Å². The summed E-state index contributed by atoms with van der Waals surface area (Å²) < 4.78 is 0. The third-order valence-electron chi connectivity index (χ3n) is 2.17. The van der Waals surface area contributed by atoms with Crippen molar-refractivity contribution in [1.82, 2.24) is 5.32 Å². The summed E-state index contributed by atoms with van der Waals surface area (Å²) >= 11 is 1.52. The zero-order valence-corrected chi connectivity index (χ0v) is 8.95. The van der Waals surface area contributed by atoms with E-state index in [9.17, 15) is 4.79 Å². The smallest absolute Gasteiger partial charge is 0.230 e. The summed E-state index contributed by atoms with van der Waals surface area (Å²) in [5, 5.41) is 3.03.